The summed E-state index contributed by atoms with van der Waals surface area (Å²) in [6.45, 7) is 8.81. The fourth-order valence-electron chi connectivity index (χ4n) is 2.26. The summed E-state index contributed by atoms with van der Waals surface area (Å²) in [6.07, 6.45) is 4.63. The minimum atomic E-state index is 0.247. The van der Waals surface area contributed by atoms with Gasteiger partial charge in [-0.1, -0.05) is 0 Å². The van der Waals surface area contributed by atoms with E-state index in [9.17, 15) is 0 Å². The number of hydrogen-bond donors (Lipinski definition) is 1. The summed E-state index contributed by atoms with van der Waals surface area (Å²) in [5, 5.41) is 3.60. The summed E-state index contributed by atoms with van der Waals surface area (Å²) in [7, 11) is 0. The monoisotopic (exact) mass is 197 g/mol. The van der Waals surface area contributed by atoms with Crippen LogP contribution >= 0.6 is 0 Å². The first-order chi connectivity index (χ1) is 6.56. The van der Waals surface area contributed by atoms with Crippen LogP contribution in [0.5, 0.6) is 0 Å². The van der Waals surface area contributed by atoms with Crippen LogP contribution in [0.3, 0.4) is 0 Å². The second-order valence-electron chi connectivity index (χ2n) is 5.85. The van der Waals surface area contributed by atoms with Gasteiger partial charge in [-0.05, 0) is 46.0 Å². The van der Waals surface area contributed by atoms with Crippen LogP contribution in [0.4, 0.5) is 0 Å². The van der Waals surface area contributed by atoms with E-state index in [2.05, 4.69) is 26.1 Å². The van der Waals surface area contributed by atoms with E-state index in [1.807, 2.05) is 0 Å². The Morgan fingerprint density at radius 2 is 1.93 bits per heavy atom. The van der Waals surface area contributed by atoms with Crippen molar-refractivity contribution in [3.63, 3.8) is 0 Å². The Morgan fingerprint density at radius 3 is 2.50 bits per heavy atom. The third kappa shape index (κ3) is 2.71. The summed E-state index contributed by atoms with van der Waals surface area (Å²) in [5.74, 6) is 1.66. The highest BCUT2D eigenvalue weighted by Gasteiger charge is 2.40. The average molecular weight is 197 g/mol. The second-order valence-corrected chi connectivity index (χ2v) is 5.85. The summed E-state index contributed by atoms with van der Waals surface area (Å²) in [4.78, 5) is 0. The molecule has 2 aliphatic rings. The Labute approximate surface area is 87.4 Å². The normalized spacial score (nSPS) is 33.6. The molecule has 2 fully saturated rings. The lowest BCUT2D eigenvalue weighted by molar-refractivity contribution is 0.0713. The van der Waals surface area contributed by atoms with Crippen molar-refractivity contribution >= 4 is 0 Å². The van der Waals surface area contributed by atoms with Crippen molar-refractivity contribution < 1.29 is 4.74 Å². The second kappa shape index (κ2) is 3.82. The molecule has 2 rings (SSSR count). The van der Waals surface area contributed by atoms with Gasteiger partial charge in [0.25, 0.3) is 0 Å². The highest BCUT2D eigenvalue weighted by molar-refractivity contribution is 4.91. The molecular weight excluding hydrogens is 174 g/mol. The third-order valence-corrected chi connectivity index (χ3v) is 3.24. The van der Waals surface area contributed by atoms with Crippen molar-refractivity contribution in [2.45, 2.75) is 51.7 Å². The summed E-state index contributed by atoms with van der Waals surface area (Å²) in [5.41, 5.74) is 0.247. The lowest BCUT2D eigenvalue weighted by atomic mass is 9.96. The Balaban J connectivity index is 1.78. The van der Waals surface area contributed by atoms with Crippen LogP contribution < -0.4 is 5.32 Å². The summed E-state index contributed by atoms with van der Waals surface area (Å²) < 4.78 is 5.81. The van der Waals surface area contributed by atoms with Gasteiger partial charge < -0.3 is 10.1 Å². The zero-order valence-electron chi connectivity index (χ0n) is 9.68. The van der Waals surface area contributed by atoms with Gasteiger partial charge in [-0.3, -0.25) is 0 Å². The molecule has 0 aromatic rings. The number of ether oxygens (including phenoxy) is 1. The zero-order chi connectivity index (χ0) is 10.2. The fourth-order valence-corrected chi connectivity index (χ4v) is 2.26. The van der Waals surface area contributed by atoms with E-state index in [0.29, 0.717) is 6.10 Å². The lowest BCUT2D eigenvalue weighted by Gasteiger charge is -2.25. The smallest absolute Gasteiger partial charge is 0.0644 e. The summed E-state index contributed by atoms with van der Waals surface area (Å²) in [6, 6.07) is 0. The third-order valence-electron chi connectivity index (χ3n) is 3.24. The highest BCUT2D eigenvalue weighted by atomic mass is 16.5. The standard InChI is InChI=1S/C12H23NO/c1-12(2,3)13-8-10-6-7-14-11(10)9-4-5-9/h9-11,13H,4-8H2,1-3H3. The van der Waals surface area contributed by atoms with Gasteiger partial charge in [-0.15, -0.1) is 0 Å². The molecule has 0 spiro atoms. The molecule has 0 aromatic heterocycles. The van der Waals surface area contributed by atoms with E-state index in [-0.39, 0.29) is 5.54 Å². The van der Waals surface area contributed by atoms with E-state index >= 15 is 0 Å². The molecule has 0 bridgehead atoms. The lowest BCUT2D eigenvalue weighted by Crippen LogP contribution is -2.41. The first-order valence-electron chi connectivity index (χ1n) is 5.93. The Bertz CT molecular complexity index is 193. The predicted molar refractivity (Wildman–Crippen MR) is 58.3 cm³/mol. The molecule has 1 heterocycles. The molecule has 2 nitrogen and oxygen atoms in total. The van der Waals surface area contributed by atoms with Gasteiger partial charge in [0.05, 0.1) is 6.10 Å². The molecule has 0 radical (unpaired) electrons. The molecule has 1 aliphatic heterocycles. The van der Waals surface area contributed by atoms with E-state index in [0.717, 1.165) is 25.0 Å². The number of hydrogen-bond acceptors (Lipinski definition) is 2. The van der Waals surface area contributed by atoms with E-state index in [4.69, 9.17) is 4.74 Å². The maximum atomic E-state index is 5.81. The average Bonchev–Trinajstić information content (AvgIpc) is 2.81. The van der Waals surface area contributed by atoms with Gasteiger partial charge in [0, 0.05) is 24.6 Å². The first kappa shape index (κ1) is 10.4. The van der Waals surface area contributed by atoms with E-state index in [1.54, 1.807) is 0 Å². The Hall–Kier alpha value is -0.0800. The molecular formula is C12H23NO. The summed E-state index contributed by atoms with van der Waals surface area (Å²) >= 11 is 0. The van der Waals surface area contributed by atoms with Crippen molar-refractivity contribution in [3.8, 4) is 0 Å². The molecule has 1 saturated heterocycles. The topological polar surface area (TPSA) is 21.3 Å². The SMILES string of the molecule is CC(C)(C)NCC1CCOC1C1CC1. The zero-order valence-corrected chi connectivity index (χ0v) is 9.68. The highest BCUT2D eigenvalue weighted by Crippen LogP contribution is 2.41. The number of rotatable bonds is 3. The van der Waals surface area contributed by atoms with Crippen molar-refractivity contribution in [1.82, 2.24) is 5.32 Å². The molecule has 82 valence electrons. The quantitative estimate of drug-likeness (QED) is 0.749. The maximum Gasteiger partial charge on any atom is 0.0644 e. The molecule has 0 aromatic carbocycles. The van der Waals surface area contributed by atoms with Crippen LogP contribution in [0.2, 0.25) is 0 Å². The molecule has 2 atom stereocenters. The van der Waals surface area contributed by atoms with Crippen molar-refractivity contribution in [3.05, 3.63) is 0 Å². The maximum absolute atomic E-state index is 5.81. The molecule has 1 saturated carbocycles. The molecule has 1 N–H and O–H groups in total. The van der Waals surface area contributed by atoms with Crippen LogP contribution in [0.25, 0.3) is 0 Å². The molecule has 14 heavy (non-hydrogen) atoms. The van der Waals surface area contributed by atoms with Crippen molar-refractivity contribution in [2.75, 3.05) is 13.2 Å². The predicted octanol–water partition coefficient (Wildman–Crippen LogP) is 2.19. The fraction of sp³-hybridized carbons (Fsp3) is 1.00. The van der Waals surface area contributed by atoms with Crippen LogP contribution in [0.15, 0.2) is 0 Å². The van der Waals surface area contributed by atoms with Crippen LogP contribution in [-0.4, -0.2) is 24.8 Å². The minimum absolute atomic E-state index is 0.247. The van der Waals surface area contributed by atoms with Crippen molar-refractivity contribution in [1.29, 1.82) is 0 Å². The van der Waals surface area contributed by atoms with E-state index < -0.39 is 0 Å². The number of nitrogens with one attached hydrogen (secondary N) is 1. The van der Waals surface area contributed by atoms with Crippen LogP contribution in [0, 0.1) is 11.8 Å². The molecule has 2 heteroatoms. The molecule has 2 unspecified atom stereocenters. The minimum Gasteiger partial charge on any atom is -0.378 e. The molecule has 1 aliphatic carbocycles. The first-order valence-corrected chi connectivity index (χ1v) is 5.93. The van der Waals surface area contributed by atoms with Gasteiger partial charge in [0.1, 0.15) is 0 Å². The van der Waals surface area contributed by atoms with Gasteiger partial charge in [0.15, 0.2) is 0 Å². The van der Waals surface area contributed by atoms with Crippen LogP contribution in [-0.2, 0) is 4.74 Å². The van der Waals surface area contributed by atoms with Gasteiger partial charge in [-0.2, -0.15) is 0 Å². The largest absolute Gasteiger partial charge is 0.378 e. The Kier molecular flexibility index (Phi) is 2.85. The van der Waals surface area contributed by atoms with E-state index in [1.165, 1.54) is 19.3 Å². The van der Waals surface area contributed by atoms with Gasteiger partial charge in [-0.25, -0.2) is 0 Å². The van der Waals surface area contributed by atoms with Crippen molar-refractivity contribution in [2.24, 2.45) is 11.8 Å². The van der Waals surface area contributed by atoms with Crippen LogP contribution in [0.1, 0.15) is 40.0 Å². The molecule has 0 amide bonds. The Morgan fingerprint density at radius 1 is 1.21 bits per heavy atom. The van der Waals surface area contributed by atoms with Gasteiger partial charge in [0.2, 0.25) is 0 Å². The van der Waals surface area contributed by atoms with Gasteiger partial charge >= 0.3 is 0 Å².